The maximum absolute atomic E-state index is 13.5. The van der Waals surface area contributed by atoms with E-state index in [0.717, 1.165) is 5.56 Å². The molecule has 192 valence electrons. The molecule has 0 spiro atoms. The van der Waals surface area contributed by atoms with Crippen LogP contribution in [0.3, 0.4) is 0 Å². The van der Waals surface area contributed by atoms with E-state index < -0.39 is 17.7 Å². The minimum absolute atomic E-state index is 0.00753. The number of Topliss-reactive ketones (excluding diaryl/α,β-unsaturated/α-hetero) is 1. The van der Waals surface area contributed by atoms with Gasteiger partial charge in [0.05, 0.1) is 31.9 Å². The van der Waals surface area contributed by atoms with Crippen molar-refractivity contribution in [3.05, 3.63) is 88.5 Å². The second kappa shape index (κ2) is 10.8. The Morgan fingerprint density at radius 2 is 1.54 bits per heavy atom. The number of carbonyl (C=O) groups excluding carboxylic acids is 2. The molecule has 1 amide bonds. The lowest BCUT2D eigenvalue weighted by Crippen LogP contribution is -2.29. The summed E-state index contributed by atoms with van der Waals surface area (Å²) in [6.07, 6.45) is 0. The number of carbonyl (C=O) groups is 2. The number of rotatable bonds is 8. The molecule has 1 aliphatic rings. The van der Waals surface area contributed by atoms with E-state index in [1.165, 1.54) is 4.90 Å². The number of aryl methyl sites for hydroxylation is 2. The Balaban J connectivity index is 1.96. The van der Waals surface area contributed by atoms with Crippen molar-refractivity contribution >= 4 is 23.1 Å². The average molecular weight is 502 g/mol. The van der Waals surface area contributed by atoms with Gasteiger partial charge in [-0.3, -0.25) is 14.5 Å². The lowest BCUT2D eigenvalue weighted by atomic mass is 9.93. The summed E-state index contributed by atoms with van der Waals surface area (Å²) >= 11 is 0. The molecule has 3 aromatic carbocycles. The normalized spacial score (nSPS) is 16.7. The van der Waals surface area contributed by atoms with Gasteiger partial charge in [0.2, 0.25) is 0 Å². The van der Waals surface area contributed by atoms with Crippen molar-refractivity contribution in [3.8, 4) is 17.2 Å². The molecule has 0 saturated carbocycles. The molecule has 7 heteroatoms. The molecule has 0 bridgehead atoms. The average Bonchev–Trinajstić information content (AvgIpc) is 3.15. The van der Waals surface area contributed by atoms with E-state index in [-0.39, 0.29) is 11.3 Å². The fourth-order valence-electron chi connectivity index (χ4n) is 4.65. The molecule has 1 unspecified atom stereocenters. The molecular formula is C30H31NO6. The van der Waals surface area contributed by atoms with Gasteiger partial charge >= 0.3 is 0 Å². The van der Waals surface area contributed by atoms with Crippen molar-refractivity contribution in [1.29, 1.82) is 0 Å². The first-order valence-corrected chi connectivity index (χ1v) is 12.2. The number of amides is 1. The molecule has 1 heterocycles. The van der Waals surface area contributed by atoms with Gasteiger partial charge in [0.25, 0.3) is 11.7 Å². The number of aliphatic hydroxyl groups is 1. The van der Waals surface area contributed by atoms with Crippen LogP contribution in [-0.2, 0) is 9.59 Å². The highest BCUT2D eigenvalue weighted by Crippen LogP contribution is 2.44. The first kappa shape index (κ1) is 25.8. The molecule has 3 aromatic rings. The SMILES string of the molecule is CCOc1cccc(C2/C(=C(\O)c3cc(C)c(OC)cc3C)C(=O)C(=O)N2c2cccc(OCC)c2)c1. The Kier molecular flexibility index (Phi) is 7.53. The quantitative estimate of drug-likeness (QED) is 0.241. The summed E-state index contributed by atoms with van der Waals surface area (Å²) in [4.78, 5) is 28.4. The zero-order chi connectivity index (χ0) is 26.7. The maximum Gasteiger partial charge on any atom is 0.300 e. The van der Waals surface area contributed by atoms with Crippen molar-refractivity contribution in [2.75, 3.05) is 25.2 Å². The van der Waals surface area contributed by atoms with Crippen LogP contribution in [0.4, 0.5) is 5.69 Å². The van der Waals surface area contributed by atoms with Crippen LogP contribution < -0.4 is 19.1 Å². The lowest BCUT2D eigenvalue weighted by Gasteiger charge is -2.26. The van der Waals surface area contributed by atoms with E-state index in [1.54, 1.807) is 55.6 Å². The zero-order valence-corrected chi connectivity index (χ0v) is 21.7. The van der Waals surface area contributed by atoms with Crippen molar-refractivity contribution in [2.24, 2.45) is 0 Å². The van der Waals surface area contributed by atoms with E-state index in [2.05, 4.69) is 0 Å². The summed E-state index contributed by atoms with van der Waals surface area (Å²) < 4.78 is 16.7. The van der Waals surface area contributed by atoms with Crippen molar-refractivity contribution in [2.45, 2.75) is 33.7 Å². The lowest BCUT2D eigenvalue weighted by molar-refractivity contribution is -0.132. The molecule has 7 nitrogen and oxygen atoms in total. The Hall–Kier alpha value is -4.26. The number of hydrogen-bond donors (Lipinski definition) is 1. The number of hydrogen-bond acceptors (Lipinski definition) is 6. The van der Waals surface area contributed by atoms with Gasteiger partial charge in [-0.1, -0.05) is 18.2 Å². The highest BCUT2D eigenvalue weighted by atomic mass is 16.5. The van der Waals surface area contributed by atoms with Crippen LogP contribution in [0, 0.1) is 13.8 Å². The molecule has 1 saturated heterocycles. The first-order chi connectivity index (χ1) is 17.8. The number of nitrogens with zero attached hydrogens (tertiary/aromatic N) is 1. The molecule has 0 aromatic heterocycles. The number of methoxy groups -OCH3 is 1. The third-order valence-electron chi connectivity index (χ3n) is 6.33. The van der Waals surface area contributed by atoms with Gasteiger partial charge in [-0.25, -0.2) is 0 Å². The molecular weight excluding hydrogens is 470 g/mol. The highest BCUT2D eigenvalue weighted by molar-refractivity contribution is 6.51. The Morgan fingerprint density at radius 3 is 2.19 bits per heavy atom. The molecule has 1 N–H and O–H groups in total. The zero-order valence-electron chi connectivity index (χ0n) is 21.7. The Labute approximate surface area is 216 Å². The topological polar surface area (TPSA) is 85.3 Å². The van der Waals surface area contributed by atoms with Crippen LogP contribution in [0.2, 0.25) is 0 Å². The van der Waals surface area contributed by atoms with Gasteiger partial charge in [0, 0.05) is 17.3 Å². The third kappa shape index (κ3) is 4.89. The van der Waals surface area contributed by atoms with Crippen LogP contribution in [0.15, 0.2) is 66.2 Å². The summed E-state index contributed by atoms with van der Waals surface area (Å²) in [5.74, 6) is 0.111. The second-order valence-corrected chi connectivity index (χ2v) is 8.74. The highest BCUT2D eigenvalue weighted by Gasteiger charge is 2.47. The van der Waals surface area contributed by atoms with Crippen LogP contribution in [-0.4, -0.2) is 37.1 Å². The summed E-state index contributed by atoms with van der Waals surface area (Å²) in [7, 11) is 1.58. The minimum Gasteiger partial charge on any atom is -0.507 e. The minimum atomic E-state index is -0.876. The molecule has 4 rings (SSSR count). The smallest absolute Gasteiger partial charge is 0.300 e. The molecule has 1 atom stereocenters. The standard InChI is InChI=1S/C30H31NO6/c1-6-36-22-12-8-10-20(16-22)27-26(28(32)24-14-19(4)25(35-5)15-18(24)3)29(33)30(34)31(27)21-11-9-13-23(17-21)37-7-2/h8-17,27,32H,6-7H2,1-5H3/b28-26+. The molecule has 1 fully saturated rings. The van der Waals surface area contributed by atoms with Crippen molar-refractivity contribution in [1.82, 2.24) is 0 Å². The van der Waals surface area contributed by atoms with Gasteiger partial charge in [-0.15, -0.1) is 0 Å². The Morgan fingerprint density at radius 1 is 0.892 bits per heavy atom. The Bertz CT molecular complexity index is 1380. The second-order valence-electron chi connectivity index (χ2n) is 8.74. The third-order valence-corrected chi connectivity index (χ3v) is 6.33. The van der Waals surface area contributed by atoms with Gasteiger partial charge < -0.3 is 19.3 Å². The van der Waals surface area contributed by atoms with Crippen LogP contribution in [0.5, 0.6) is 17.2 Å². The summed E-state index contributed by atoms with van der Waals surface area (Å²) in [5.41, 5.74) is 3.10. The van der Waals surface area contributed by atoms with Crippen LogP contribution in [0.25, 0.3) is 5.76 Å². The summed E-state index contributed by atoms with van der Waals surface area (Å²) in [6.45, 7) is 8.35. The van der Waals surface area contributed by atoms with Gasteiger partial charge in [-0.05, 0) is 80.8 Å². The first-order valence-electron chi connectivity index (χ1n) is 12.2. The monoisotopic (exact) mass is 501 g/mol. The molecule has 0 aliphatic carbocycles. The number of anilines is 1. The van der Waals surface area contributed by atoms with Crippen LogP contribution >= 0.6 is 0 Å². The number of benzene rings is 3. The fraction of sp³-hybridized carbons (Fsp3) is 0.267. The molecule has 0 radical (unpaired) electrons. The van der Waals surface area contributed by atoms with E-state index in [4.69, 9.17) is 14.2 Å². The van der Waals surface area contributed by atoms with Crippen molar-refractivity contribution < 1.29 is 28.9 Å². The maximum atomic E-state index is 13.5. The number of ether oxygens (including phenoxy) is 3. The van der Waals surface area contributed by atoms with E-state index in [1.807, 2.05) is 39.8 Å². The molecule has 1 aliphatic heterocycles. The predicted octanol–water partition coefficient (Wildman–Crippen LogP) is 5.74. The number of ketones is 1. The predicted molar refractivity (Wildman–Crippen MR) is 142 cm³/mol. The van der Waals surface area contributed by atoms with Crippen LogP contribution in [0.1, 0.15) is 42.1 Å². The van der Waals surface area contributed by atoms with Gasteiger partial charge in [0.1, 0.15) is 23.0 Å². The molecule has 37 heavy (non-hydrogen) atoms. The van der Waals surface area contributed by atoms with Gasteiger partial charge in [-0.2, -0.15) is 0 Å². The van der Waals surface area contributed by atoms with Crippen molar-refractivity contribution in [3.63, 3.8) is 0 Å². The number of aliphatic hydroxyl groups excluding tert-OH is 1. The van der Waals surface area contributed by atoms with E-state index >= 15 is 0 Å². The fourth-order valence-corrected chi connectivity index (χ4v) is 4.65. The van der Waals surface area contributed by atoms with E-state index in [0.29, 0.717) is 52.8 Å². The largest absolute Gasteiger partial charge is 0.507 e. The summed E-state index contributed by atoms with van der Waals surface area (Å²) in [5, 5.41) is 11.6. The van der Waals surface area contributed by atoms with E-state index in [9.17, 15) is 14.7 Å². The summed E-state index contributed by atoms with van der Waals surface area (Å²) in [6, 6.07) is 16.9. The van der Waals surface area contributed by atoms with Gasteiger partial charge in [0.15, 0.2) is 0 Å².